The Morgan fingerprint density at radius 1 is 1.30 bits per heavy atom. The number of carbonyl (C=O) groups is 1. The third-order valence-corrected chi connectivity index (χ3v) is 3.95. The van der Waals surface area contributed by atoms with E-state index in [1.807, 2.05) is 31.2 Å². The lowest BCUT2D eigenvalue weighted by atomic mass is 10.1. The molecule has 23 heavy (non-hydrogen) atoms. The second-order valence-corrected chi connectivity index (χ2v) is 5.56. The first-order chi connectivity index (χ1) is 11.1. The number of carbonyl (C=O) groups excluding carboxylic acids is 1. The van der Waals surface area contributed by atoms with Gasteiger partial charge in [0.05, 0.1) is 12.1 Å². The molecule has 0 radical (unpaired) electrons. The Morgan fingerprint density at radius 3 is 2.91 bits per heavy atom. The molecule has 1 aromatic carbocycles. The Labute approximate surface area is 134 Å². The molecule has 0 bridgehead atoms. The number of nitrogens with zero attached hydrogens (tertiary/aromatic N) is 4. The number of rotatable bonds is 5. The van der Waals surface area contributed by atoms with Crippen LogP contribution in [0.4, 0.5) is 0 Å². The number of benzene rings is 1. The number of hydrogen-bond acceptors (Lipinski definition) is 5. The molecule has 2 aromatic heterocycles. The van der Waals surface area contributed by atoms with Crippen molar-refractivity contribution < 1.29 is 9.32 Å². The standard InChI is InChI=1S/C17H18N4O2/c1-12(9-13-11-18-7-8-19-13)21(2)17(22)10-15-14-5-3-4-6-16(14)23-20-15/h3-8,11-12H,9-10H2,1-2H3. The minimum atomic E-state index is 0.000411. The first kappa shape index (κ1) is 15.1. The Hall–Kier alpha value is -2.76. The van der Waals surface area contributed by atoms with E-state index in [2.05, 4.69) is 15.1 Å². The van der Waals surface area contributed by atoms with Gasteiger partial charge in [0.15, 0.2) is 5.58 Å². The van der Waals surface area contributed by atoms with E-state index in [0.29, 0.717) is 17.7 Å². The van der Waals surface area contributed by atoms with Gasteiger partial charge in [0.2, 0.25) is 5.91 Å². The fourth-order valence-electron chi connectivity index (χ4n) is 2.45. The number of aromatic nitrogens is 3. The molecule has 0 aliphatic heterocycles. The van der Waals surface area contributed by atoms with Crippen molar-refractivity contribution >= 4 is 16.9 Å². The summed E-state index contributed by atoms with van der Waals surface area (Å²) in [5.41, 5.74) is 2.24. The highest BCUT2D eigenvalue weighted by Crippen LogP contribution is 2.19. The number of likely N-dealkylation sites (N-methyl/N-ethyl adjacent to an activating group) is 1. The van der Waals surface area contributed by atoms with Crippen LogP contribution >= 0.6 is 0 Å². The zero-order valence-corrected chi connectivity index (χ0v) is 13.1. The van der Waals surface area contributed by atoms with Crippen molar-refractivity contribution in [2.75, 3.05) is 7.05 Å². The summed E-state index contributed by atoms with van der Waals surface area (Å²) in [6.07, 6.45) is 5.90. The van der Waals surface area contributed by atoms with Gasteiger partial charge >= 0.3 is 0 Å². The van der Waals surface area contributed by atoms with Crippen molar-refractivity contribution in [1.29, 1.82) is 0 Å². The summed E-state index contributed by atoms with van der Waals surface area (Å²) in [6, 6.07) is 7.58. The van der Waals surface area contributed by atoms with Gasteiger partial charge in [0, 0.05) is 43.5 Å². The van der Waals surface area contributed by atoms with Gasteiger partial charge in [-0.15, -0.1) is 0 Å². The van der Waals surface area contributed by atoms with E-state index in [1.54, 1.807) is 30.5 Å². The summed E-state index contributed by atoms with van der Waals surface area (Å²) in [5.74, 6) is 0.000411. The zero-order chi connectivity index (χ0) is 16.2. The molecule has 3 rings (SSSR count). The van der Waals surface area contributed by atoms with Crippen molar-refractivity contribution in [3.63, 3.8) is 0 Å². The number of hydrogen-bond donors (Lipinski definition) is 0. The van der Waals surface area contributed by atoms with Crippen molar-refractivity contribution in [1.82, 2.24) is 20.0 Å². The molecule has 0 N–H and O–H groups in total. The number of fused-ring (bicyclic) bond motifs is 1. The fraction of sp³-hybridized carbons (Fsp3) is 0.294. The monoisotopic (exact) mass is 310 g/mol. The summed E-state index contributed by atoms with van der Waals surface area (Å²) in [7, 11) is 1.80. The van der Waals surface area contributed by atoms with E-state index in [1.165, 1.54) is 0 Å². The van der Waals surface area contributed by atoms with Crippen LogP contribution in [0, 0.1) is 0 Å². The Balaban J connectivity index is 1.67. The lowest BCUT2D eigenvalue weighted by Gasteiger charge is -2.24. The van der Waals surface area contributed by atoms with E-state index in [9.17, 15) is 4.79 Å². The predicted molar refractivity (Wildman–Crippen MR) is 85.7 cm³/mol. The van der Waals surface area contributed by atoms with Crippen molar-refractivity contribution in [3.8, 4) is 0 Å². The summed E-state index contributed by atoms with van der Waals surface area (Å²) in [5, 5.41) is 4.90. The molecule has 1 unspecified atom stereocenters. The van der Waals surface area contributed by atoms with Gasteiger partial charge in [0.25, 0.3) is 0 Å². The number of amides is 1. The normalized spacial score (nSPS) is 12.3. The van der Waals surface area contributed by atoms with Crippen LogP contribution in [-0.4, -0.2) is 39.0 Å². The Kier molecular flexibility index (Phi) is 4.32. The first-order valence-electron chi connectivity index (χ1n) is 7.49. The van der Waals surface area contributed by atoms with Crippen LogP contribution in [0.3, 0.4) is 0 Å². The summed E-state index contributed by atoms with van der Waals surface area (Å²) in [6.45, 7) is 1.99. The van der Waals surface area contributed by atoms with E-state index >= 15 is 0 Å². The molecule has 118 valence electrons. The topological polar surface area (TPSA) is 72.1 Å². The third kappa shape index (κ3) is 3.36. The molecule has 2 heterocycles. The van der Waals surface area contributed by atoms with Gasteiger partial charge in [-0.25, -0.2) is 0 Å². The van der Waals surface area contributed by atoms with Crippen LogP contribution in [0.5, 0.6) is 0 Å². The highest BCUT2D eigenvalue weighted by Gasteiger charge is 2.19. The van der Waals surface area contributed by atoms with Crippen molar-refractivity contribution in [2.45, 2.75) is 25.8 Å². The summed E-state index contributed by atoms with van der Waals surface area (Å²) >= 11 is 0. The molecule has 0 saturated heterocycles. The van der Waals surface area contributed by atoms with Gasteiger partial charge in [-0.2, -0.15) is 0 Å². The van der Waals surface area contributed by atoms with Crippen molar-refractivity contribution in [2.24, 2.45) is 0 Å². The quantitative estimate of drug-likeness (QED) is 0.722. The van der Waals surface area contributed by atoms with E-state index in [4.69, 9.17) is 4.52 Å². The molecule has 1 atom stereocenters. The zero-order valence-electron chi connectivity index (χ0n) is 13.1. The highest BCUT2D eigenvalue weighted by atomic mass is 16.5. The molecule has 0 fully saturated rings. The second kappa shape index (κ2) is 6.56. The van der Waals surface area contributed by atoms with E-state index in [-0.39, 0.29) is 18.4 Å². The van der Waals surface area contributed by atoms with E-state index in [0.717, 1.165) is 11.1 Å². The van der Waals surface area contributed by atoms with Crippen LogP contribution in [-0.2, 0) is 17.6 Å². The van der Waals surface area contributed by atoms with Crippen LogP contribution in [0.15, 0.2) is 47.4 Å². The van der Waals surface area contributed by atoms with Gasteiger partial charge in [-0.1, -0.05) is 17.3 Å². The molecule has 6 nitrogen and oxygen atoms in total. The molecule has 1 amide bonds. The van der Waals surface area contributed by atoms with Gasteiger partial charge in [-0.05, 0) is 19.1 Å². The minimum absolute atomic E-state index is 0.000411. The maximum Gasteiger partial charge on any atom is 0.228 e. The van der Waals surface area contributed by atoms with Crippen LogP contribution in [0.1, 0.15) is 18.3 Å². The van der Waals surface area contributed by atoms with E-state index < -0.39 is 0 Å². The molecular weight excluding hydrogens is 292 g/mol. The Bertz CT molecular complexity index is 800. The van der Waals surface area contributed by atoms with Crippen molar-refractivity contribution in [3.05, 3.63) is 54.2 Å². The van der Waals surface area contributed by atoms with Gasteiger partial charge < -0.3 is 9.42 Å². The molecule has 0 aliphatic carbocycles. The first-order valence-corrected chi connectivity index (χ1v) is 7.49. The molecular formula is C17H18N4O2. The molecule has 6 heteroatoms. The predicted octanol–water partition coefficient (Wildman–Crippen LogP) is 2.25. The maximum absolute atomic E-state index is 12.5. The molecule has 0 spiro atoms. The summed E-state index contributed by atoms with van der Waals surface area (Å²) in [4.78, 5) is 22.5. The molecule has 0 aliphatic rings. The average Bonchev–Trinajstić information content (AvgIpc) is 2.98. The van der Waals surface area contributed by atoms with Gasteiger partial charge in [-0.3, -0.25) is 14.8 Å². The fourth-order valence-corrected chi connectivity index (χ4v) is 2.45. The minimum Gasteiger partial charge on any atom is -0.356 e. The SMILES string of the molecule is CC(Cc1cnccn1)N(C)C(=O)Cc1noc2ccccc12. The van der Waals surface area contributed by atoms with Crippen LogP contribution < -0.4 is 0 Å². The number of para-hydroxylation sites is 1. The highest BCUT2D eigenvalue weighted by molar-refractivity contribution is 5.86. The van der Waals surface area contributed by atoms with Crippen LogP contribution in [0.2, 0.25) is 0 Å². The smallest absolute Gasteiger partial charge is 0.228 e. The lowest BCUT2D eigenvalue weighted by molar-refractivity contribution is -0.131. The average molecular weight is 310 g/mol. The van der Waals surface area contributed by atoms with Gasteiger partial charge in [0.1, 0.15) is 5.69 Å². The largest absolute Gasteiger partial charge is 0.356 e. The maximum atomic E-state index is 12.5. The Morgan fingerprint density at radius 2 is 2.13 bits per heavy atom. The molecule has 3 aromatic rings. The van der Waals surface area contributed by atoms with Crippen LogP contribution in [0.25, 0.3) is 11.0 Å². The molecule has 0 saturated carbocycles. The summed E-state index contributed by atoms with van der Waals surface area (Å²) < 4.78 is 5.25. The lowest BCUT2D eigenvalue weighted by Crippen LogP contribution is -2.37. The second-order valence-electron chi connectivity index (χ2n) is 5.56. The third-order valence-electron chi connectivity index (χ3n) is 3.95.